The molecule has 0 bridgehead atoms. The van der Waals surface area contributed by atoms with Crippen molar-refractivity contribution in [1.82, 2.24) is 0 Å². The third kappa shape index (κ3) is 1.99. The van der Waals surface area contributed by atoms with Gasteiger partial charge in [0.15, 0.2) is 12.7 Å². The summed E-state index contributed by atoms with van der Waals surface area (Å²) in [6.45, 7) is 2.64. The Morgan fingerprint density at radius 1 is 1.83 bits per heavy atom. The Morgan fingerprint density at radius 2 is 2.58 bits per heavy atom. The lowest BCUT2D eigenvalue weighted by molar-refractivity contribution is -0.154. The number of ether oxygens (including phenoxy) is 2. The van der Waals surface area contributed by atoms with Gasteiger partial charge in [-0.3, -0.25) is 0 Å². The smallest absolute Gasteiger partial charge is 0.336 e. The van der Waals surface area contributed by atoms with Crippen LogP contribution in [0.3, 0.4) is 0 Å². The first-order chi connectivity index (χ1) is 5.75. The molecule has 1 aliphatic rings. The van der Waals surface area contributed by atoms with Gasteiger partial charge in [-0.15, -0.1) is 6.42 Å². The summed E-state index contributed by atoms with van der Waals surface area (Å²) in [5.41, 5.74) is 0. The lowest BCUT2D eigenvalue weighted by Crippen LogP contribution is -2.27. The van der Waals surface area contributed by atoms with Gasteiger partial charge < -0.3 is 9.47 Å². The molecule has 66 valence electrons. The molecule has 1 fully saturated rings. The van der Waals surface area contributed by atoms with Gasteiger partial charge in [-0.05, 0) is 12.3 Å². The van der Waals surface area contributed by atoms with Crippen LogP contribution >= 0.6 is 0 Å². The summed E-state index contributed by atoms with van der Waals surface area (Å²) in [4.78, 5) is 11.2. The van der Waals surface area contributed by atoms with Gasteiger partial charge >= 0.3 is 5.97 Å². The highest BCUT2D eigenvalue weighted by Crippen LogP contribution is 2.20. The average Bonchev–Trinajstić information content (AvgIpc) is 2.47. The Bertz CT molecular complexity index is 204. The molecule has 1 saturated heterocycles. The van der Waals surface area contributed by atoms with Crippen LogP contribution in [-0.4, -0.2) is 25.3 Å². The number of carbonyl (C=O) groups excluding carboxylic acids is 1. The monoisotopic (exact) mass is 168 g/mol. The normalized spacial score (nSPS) is 28.0. The van der Waals surface area contributed by atoms with E-state index >= 15 is 0 Å². The van der Waals surface area contributed by atoms with E-state index in [2.05, 4.69) is 5.92 Å². The van der Waals surface area contributed by atoms with Gasteiger partial charge in [0, 0.05) is 6.61 Å². The van der Waals surface area contributed by atoms with Crippen molar-refractivity contribution in [3.63, 3.8) is 0 Å². The van der Waals surface area contributed by atoms with Crippen LogP contribution in [0.2, 0.25) is 0 Å². The van der Waals surface area contributed by atoms with E-state index in [-0.39, 0.29) is 18.5 Å². The number of esters is 1. The van der Waals surface area contributed by atoms with E-state index < -0.39 is 6.10 Å². The van der Waals surface area contributed by atoms with E-state index in [4.69, 9.17) is 15.9 Å². The second-order valence-corrected chi connectivity index (χ2v) is 2.87. The Balaban J connectivity index is 2.37. The molecule has 0 aromatic carbocycles. The summed E-state index contributed by atoms with van der Waals surface area (Å²) in [7, 11) is 0. The van der Waals surface area contributed by atoms with E-state index in [1.165, 1.54) is 0 Å². The standard InChI is InChI=1S/C9H12O3/c1-3-5-12-9(10)8-7(2)4-6-11-8/h1,7-8H,4-6H2,2H3. The van der Waals surface area contributed by atoms with Crippen LogP contribution in [0.5, 0.6) is 0 Å². The van der Waals surface area contributed by atoms with Crippen molar-refractivity contribution in [3.8, 4) is 12.3 Å². The number of hydrogen-bond donors (Lipinski definition) is 0. The highest BCUT2D eigenvalue weighted by Gasteiger charge is 2.31. The molecule has 2 unspecified atom stereocenters. The third-order valence-corrected chi connectivity index (χ3v) is 1.92. The average molecular weight is 168 g/mol. The first kappa shape index (κ1) is 9.08. The minimum atomic E-state index is -0.404. The lowest BCUT2D eigenvalue weighted by Gasteiger charge is -2.11. The van der Waals surface area contributed by atoms with Crippen molar-refractivity contribution < 1.29 is 14.3 Å². The summed E-state index contributed by atoms with van der Waals surface area (Å²) in [5.74, 6) is 2.15. The van der Waals surface area contributed by atoms with Gasteiger partial charge in [0.05, 0.1) is 0 Å². The number of rotatable bonds is 2. The quantitative estimate of drug-likeness (QED) is 0.447. The molecule has 0 spiro atoms. The Hall–Kier alpha value is -1.01. The van der Waals surface area contributed by atoms with Crippen molar-refractivity contribution in [2.75, 3.05) is 13.2 Å². The first-order valence-electron chi connectivity index (χ1n) is 3.97. The molecule has 0 N–H and O–H groups in total. The van der Waals surface area contributed by atoms with Crippen LogP contribution in [0.1, 0.15) is 13.3 Å². The molecule has 3 heteroatoms. The fraction of sp³-hybridized carbons (Fsp3) is 0.667. The van der Waals surface area contributed by atoms with E-state index in [1.54, 1.807) is 0 Å². The van der Waals surface area contributed by atoms with E-state index in [0.29, 0.717) is 6.61 Å². The molecular weight excluding hydrogens is 156 g/mol. The highest BCUT2D eigenvalue weighted by atomic mass is 16.6. The van der Waals surface area contributed by atoms with Crippen LogP contribution in [0.4, 0.5) is 0 Å². The van der Waals surface area contributed by atoms with Crippen LogP contribution in [-0.2, 0) is 14.3 Å². The van der Waals surface area contributed by atoms with Crippen LogP contribution in [0.15, 0.2) is 0 Å². The van der Waals surface area contributed by atoms with E-state index in [9.17, 15) is 4.79 Å². The maximum Gasteiger partial charge on any atom is 0.336 e. The SMILES string of the molecule is C#CCOC(=O)C1OCCC1C. The molecule has 0 aromatic rings. The minimum absolute atomic E-state index is 0.0331. The van der Waals surface area contributed by atoms with Crippen molar-refractivity contribution >= 4 is 5.97 Å². The van der Waals surface area contributed by atoms with Gasteiger partial charge in [0.1, 0.15) is 0 Å². The molecule has 0 aliphatic carbocycles. The van der Waals surface area contributed by atoms with Gasteiger partial charge in [-0.1, -0.05) is 12.8 Å². The number of carbonyl (C=O) groups is 1. The Labute approximate surface area is 72.0 Å². The first-order valence-corrected chi connectivity index (χ1v) is 3.97. The van der Waals surface area contributed by atoms with Gasteiger partial charge in [-0.25, -0.2) is 4.79 Å². The molecule has 1 heterocycles. The van der Waals surface area contributed by atoms with Crippen LogP contribution in [0, 0.1) is 18.3 Å². The fourth-order valence-corrected chi connectivity index (χ4v) is 1.19. The molecule has 0 radical (unpaired) electrons. The van der Waals surface area contributed by atoms with E-state index in [1.807, 2.05) is 6.92 Å². The van der Waals surface area contributed by atoms with Crippen LogP contribution < -0.4 is 0 Å². The Kier molecular flexibility index (Phi) is 3.12. The van der Waals surface area contributed by atoms with Crippen molar-refractivity contribution in [1.29, 1.82) is 0 Å². The molecule has 1 rings (SSSR count). The lowest BCUT2D eigenvalue weighted by atomic mass is 10.1. The zero-order chi connectivity index (χ0) is 8.97. The third-order valence-electron chi connectivity index (χ3n) is 1.92. The molecule has 12 heavy (non-hydrogen) atoms. The zero-order valence-corrected chi connectivity index (χ0v) is 7.08. The summed E-state index contributed by atoms with van der Waals surface area (Å²) < 4.78 is 9.93. The topological polar surface area (TPSA) is 35.5 Å². The fourth-order valence-electron chi connectivity index (χ4n) is 1.19. The van der Waals surface area contributed by atoms with Gasteiger partial charge in [0.2, 0.25) is 0 Å². The van der Waals surface area contributed by atoms with Crippen molar-refractivity contribution in [2.24, 2.45) is 5.92 Å². The second-order valence-electron chi connectivity index (χ2n) is 2.87. The molecule has 3 nitrogen and oxygen atoms in total. The maximum atomic E-state index is 11.2. The molecule has 0 saturated carbocycles. The summed E-state index contributed by atoms with van der Waals surface area (Å²) in [6, 6.07) is 0. The van der Waals surface area contributed by atoms with Crippen molar-refractivity contribution in [2.45, 2.75) is 19.4 Å². The summed E-state index contributed by atoms with van der Waals surface area (Å²) in [5, 5.41) is 0. The molecular formula is C9H12O3. The predicted octanol–water partition coefficient (Wildman–Crippen LogP) is 0.588. The van der Waals surface area contributed by atoms with Gasteiger partial charge in [-0.2, -0.15) is 0 Å². The summed E-state index contributed by atoms with van der Waals surface area (Å²) in [6.07, 6.45) is 5.45. The zero-order valence-electron chi connectivity index (χ0n) is 7.08. The van der Waals surface area contributed by atoms with Gasteiger partial charge in [0.25, 0.3) is 0 Å². The molecule has 2 atom stereocenters. The Morgan fingerprint density at radius 3 is 3.08 bits per heavy atom. The highest BCUT2D eigenvalue weighted by molar-refractivity contribution is 5.75. The molecule has 1 aliphatic heterocycles. The van der Waals surface area contributed by atoms with Crippen molar-refractivity contribution in [3.05, 3.63) is 0 Å². The van der Waals surface area contributed by atoms with E-state index in [0.717, 1.165) is 6.42 Å². The largest absolute Gasteiger partial charge is 0.451 e. The second kappa shape index (κ2) is 4.13. The summed E-state index contributed by atoms with van der Waals surface area (Å²) >= 11 is 0. The minimum Gasteiger partial charge on any atom is -0.451 e. The number of hydrogen-bond acceptors (Lipinski definition) is 3. The maximum absolute atomic E-state index is 11.2. The number of terminal acetylenes is 1. The molecule has 0 amide bonds. The predicted molar refractivity (Wildman–Crippen MR) is 43.3 cm³/mol. The molecule has 0 aromatic heterocycles. The van der Waals surface area contributed by atoms with Crippen LogP contribution in [0.25, 0.3) is 0 Å².